The Labute approximate surface area is 168 Å². The molecule has 28 heavy (non-hydrogen) atoms. The highest BCUT2D eigenvalue weighted by Gasteiger charge is 2.24. The van der Waals surface area contributed by atoms with Gasteiger partial charge in [-0.2, -0.15) is 0 Å². The van der Waals surface area contributed by atoms with Gasteiger partial charge in [0.05, 0.1) is 27.2 Å². The second kappa shape index (κ2) is 7.11. The molecule has 1 saturated heterocycles. The van der Waals surface area contributed by atoms with E-state index in [1.807, 2.05) is 0 Å². The number of rotatable bonds is 5. The lowest BCUT2D eigenvalue weighted by Gasteiger charge is -2.08. The first kappa shape index (κ1) is 18.8. The van der Waals surface area contributed by atoms with Crippen LogP contribution in [0, 0.1) is 0 Å². The molecular formula is C16H15N5O4S3. The minimum Gasteiger partial charge on any atom is -0.336 e. The van der Waals surface area contributed by atoms with E-state index in [4.69, 9.17) is 0 Å². The lowest BCUT2D eigenvalue weighted by Crippen LogP contribution is -2.27. The number of anilines is 2. The number of urea groups is 1. The average molecular weight is 438 g/mol. The van der Waals surface area contributed by atoms with Crippen molar-refractivity contribution in [1.82, 2.24) is 15.3 Å². The van der Waals surface area contributed by atoms with Crippen LogP contribution < -0.4 is 15.5 Å². The molecule has 0 aliphatic carbocycles. The third-order valence-electron chi connectivity index (χ3n) is 4.00. The molecule has 0 spiro atoms. The quantitative estimate of drug-likeness (QED) is 0.628. The smallest absolute Gasteiger partial charge is 0.323 e. The maximum atomic E-state index is 12.3. The first-order chi connectivity index (χ1) is 13.3. The number of hydrogen-bond acceptors (Lipinski definition) is 8. The highest BCUT2D eigenvalue weighted by Crippen LogP contribution is 2.28. The van der Waals surface area contributed by atoms with E-state index in [2.05, 4.69) is 20.6 Å². The summed E-state index contributed by atoms with van der Waals surface area (Å²) in [6.45, 7) is 1.13. The number of sulfone groups is 1. The number of hydrogen-bond donors (Lipinski definition) is 2. The Hall–Kier alpha value is -2.57. The largest absolute Gasteiger partial charge is 0.336 e. The van der Waals surface area contributed by atoms with Gasteiger partial charge in [-0.3, -0.25) is 9.69 Å². The van der Waals surface area contributed by atoms with Gasteiger partial charge in [0.2, 0.25) is 5.91 Å². The Balaban J connectivity index is 1.45. The Morgan fingerprint density at radius 3 is 2.89 bits per heavy atom. The van der Waals surface area contributed by atoms with Crippen LogP contribution in [0.1, 0.15) is 5.69 Å². The number of benzene rings is 1. The molecule has 12 heteroatoms. The molecule has 1 aromatic carbocycles. The number of aromatic nitrogens is 2. The first-order valence-corrected chi connectivity index (χ1v) is 11.8. The topological polar surface area (TPSA) is 121 Å². The van der Waals surface area contributed by atoms with E-state index in [9.17, 15) is 18.0 Å². The van der Waals surface area contributed by atoms with Crippen LogP contribution in [-0.4, -0.2) is 49.7 Å². The molecule has 3 aromatic rings. The number of thiazole rings is 2. The van der Waals surface area contributed by atoms with Gasteiger partial charge >= 0.3 is 6.03 Å². The van der Waals surface area contributed by atoms with Gasteiger partial charge in [-0.25, -0.2) is 23.2 Å². The molecule has 1 aliphatic heterocycles. The highest BCUT2D eigenvalue weighted by molar-refractivity contribution is 7.90. The third-order valence-corrected chi connectivity index (χ3v) is 6.96. The molecule has 0 bridgehead atoms. The molecule has 4 rings (SSSR count). The fraction of sp³-hybridized carbons (Fsp3) is 0.250. The summed E-state index contributed by atoms with van der Waals surface area (Å²) in [6.07, 6.45) is 1.20. The minimum atomic E-state index is -3.31. The van der Waals surface area contributed by atoms with Crippen molar-refractivity contribution < 1.29 is 18.0 Å². The lowest BCUT2D eigenvalue weighted by molar-refractivity contribution is -0.115. The molecular weight excluding hydrogens is 422 g/mol. The molecule has 0 unspecified atom stereocenters. The van der Waals surface area contributed by atoms with E-state index in [1.165, 1.54) is 28.7 Å². The zero-order valence-electron chi connectivity index (χ0n) is 14.6. The van der Waals surface area contributed by atoms with Gasteiger partial charge in [0.1, 0.15) is 0 Å². The van der Waals surface area contributed by atoms with E-state index in [0.29, 0.717) is 39.3 Å². The summed E-state index contributed by atoms with van der Waals surface area (Å²) in [4.78, 5) is 34.4. The molecule has 2 N–H and O–H groups in total. The Morgan fingerprint density at radius 2 is 2.18 bits per heavy atom. The molecule has 0 atom stereocenters. The Bertz CT molecular complexity index is 1180. The zero-order valence-corrected chi connectivity index (χ0v) is 17.1. The van der Waals surface area contributed by atoms with Crippen LogP contribution in [0.5, 0.6) is 0 Å². The van der Waals surface area contributed by atoms with Crippen molar-refractivity contribution in [2.24, 2.45) is 0 Å². The van der Waals surface area contributed by atoms with Crippen LogP contribution in [0.3, 0.4) is 0 Å². The maximum absolute atomic E-state index is 12.3. The minimum absolute atomic E-state index is 0.0521. The van der Waals surface area contributed by atoms with Crippen molar-refractivity contribution in [2.75, 3.05) is 29.6 Å². The fourth-order valence-corrected chi connectivity index (χ4v) is 5.16. The highest BCUT2D eigenvalue weighted by atomic mass is 32.2. The van der Waals surface area contributed by atoms with E-state index < -0.39 is 9.84 Å². The second-order valence-electron chi connectivity index (χ2n) is 6.15. The predicted molar refractivity (Wildman–Crippen MR) is 108 cm³/mol. The lowest BCUT2D eigenvalue weighted by atomic mass is 10.3. The van der Waals surface area contributed by atoms with Crippen molar-refractivity contribution in [3.8, 4) is 0 Å². The molecule has 3 amide bonds. The number of carbonyl (C=O) groups excluding carboxylic acids is 2. The maximum Gasteiger partial charge on any atom is 0.323 e. The number of nitrogens with one attached hydrogen (secondary N) is 2. The second-order valence-corrected chi connectivity index (χ2v) is 10.0. The number of fused-ring (bicyclic) bond motifs is 1. The monoisotopic (exact) mass is 437 g/mol. The summed E-state index contributed by atoms with van der Waals surface area (Å²) in [5.74, 6) is -0.287. The summed E-state index contributed by atoms with van der Waals surface area (Å²) in [5.41, 5.74) is 1.18. The van der Waals surface area contributed by atoms with Gasteiger partial charge < -0.3 is 10.6 Å². The van der Waals surface area contributed by atoms with Crippen molar-refractivity contribution in [2.45, 2.75) is 11.3 Å². The van der Waals surface area contributed by atoms with Gasteiger partial charge in [0, 0.05) is 24.7 Å². The molecule has 146 valence electrons. The molecule has 0 radical (unpaired) electrons. The van der Waals surface area contributed by atoms with Crippen molar-refractivity contribution in [3.05, 3.63) is 29.3 Å². The van der Waals surface area contributed by atoms with Crippen LogP contribution in [-0.2, 0) is 21.1 Å². The number of nitrogens with zero attached hydrogens (tertiary/aromatic N) is 3. The molecule has 3 heterocycles. The third kappa shape index (κ3) is 3.84. The zero-order chi connectivity index (χ0) is 19.9. The molecule has 9 nitrogen and oxygen atoms in total. The van der Waals surface area contributed by atoms with Crippen LogP contribution in [0.4, 0.5) is 15.1 Å². The van der Waals surface area contributed by atoms with Crippen LogP contribution >= 0.6 is 22.7 Å². The number of carbonyl (C=O) groups is 2. The van der Waals surface area contributed by atoms with Crippen molar-refractivity contribution in [3.63, 3.8) is 0 Å². The van der Waals surface area contributed by atoms with E-state index in [-0.39, 0.29) is 23.3 Å². The van der Waals surface area contributed by atoms with Gasteiger partial charge in [0.25, 0.3) is 0 Å². The average Bonchev–Trinajstić information content (AvgIpc) is 3.32. The molecule has 1 aliphatic rings. The Kier molecular flexibility index (Phi) is 4.77. The van der Waals surface area contributed by atoms with Gasteiger partial charge in [-0.05, 0) is 18.2 Å². The fourth-order valence-electron chi connectivity index (χ4n) is 2.67. The molecule has 2 aromatic heterocycles. The molecule has 0 saturated carbocycles. The number of amides is 3. The van der Waals surface area contributed by atoms with Crippen LogP contribution in [0.2, 0.25) is 0 Å². The van der Waals surface area contributed by atoms with Gasteiger partial charge in [-0.1, -0.05) is 11.3 Å². The summed E-state index contributed by atoms with van der Waals surface area (Å²) in [5, 5.41) is 8.12. The van der Waals surface area contributed by atoms with Gasteiger partial charge in [0.15, 0.2) is 20.1 Å². The Morgan fingerprint density at radius 1 is 1.36 bits per heavy atom. The SMILES string of the molecule is CS(=O)(=O)c1ccc2nc(NC(=O)Cc3csc(N4CCNC4=O)n3)sc2c1. The summed E-state index contributed by atoms with van der Waals surface area (Å²) >= 11 is 2.52. The normalized spacial score (nSPS) is 14.5. The summed E-state index contributed by atoms with van der Waals surface area (Å²) < 4.78 is 24.0. The summed E-state index contributed by atoms with van der Waals surface area (Å²) in [6, 6.07) is 4.47. The van der Waals surface area contributed by atoms with E-state index in [1.54, 1.807) is 22.4 Å². The molecule has 1 fully saturated rings. The van der Waals surface area contributed by atoms with Crippen molar-refractivity contribution in [1.29, 1.82) is 0 Å². The standard InChI is InChI=1S/C16H15N5O4S3/c1-28(24,25)10-2-3-11-12(7-10)27-14(19-11)20-13(22)6-9-8-26-16(18-9)21-5-4-17-15(21)23/h2-3,7-8H,4-6H2,1H3,(H,17,23)(H,19,20,22). The van der Waals surface area contributed by atoms with Crippen LogP contribution in [0.15, 0.2) is 28.5 Å². The van der Waals surface area contributed by atoms with Crippen LogP contribution in [0.25, 0.3) is 10.2 Å². The van der Waals surface area contributed by atoms with Gasteiger partial charge in [-0.15, -0.1) is 11.3 Å². The predicted octanol–water partition coefficient (Wildman–Crippen LogP) is 1.87. The van der Waals surface area contributed by atoms with E-state index >= 15 is 0 Å². The first-order valence-electron chi connectivity index (χ1n) is 8.20. The van der Waals surface area contributed by atoms with E-state index in [0.717, 1.165) is 6.26 Å². The van der Waals surface area contributed by atoms with Crippen molar-refractivity contribution >= 4 is 64.9 Å². The summed E-state index contributed by atoms with van der Waals surface area (Å²) in [7, 11) is -3.31.